The number of benzene rings is 2. The lowest BCUT2D eigenvalue weighted by atomic mass is 10.0. The molecule has 1 saturated heterocycles. The molecule has 1 amide bonds. The second-order valence-electron chi connectivity index (χ2n) is 8.43. The van der Waals surface area contributed by atoms with E-state index in [0.29, 0.717) is 41.5 Å². The first-order valence-corrected chi connectivity index (χ1v) is 11.8. The summed E-state index contributed by atoms with van der Waals surface area (Å²) in [5, 5.41) is 2.22. The maximum absolute atomic E-state index is 13.2. The number of halogens is 1. The van der Waals surface area contributed by atoms with Gasteiger partial charge in [-0.1, -0.05) is 35.9 Å². The molecule has 0 atom stereocenters. The predicted octanol–water partition coefficient (Wildman–Crippen LogP) is 5.60. The van der Waals surface area contributed by atoms with Crippen LogP contribution in [0.15, 0.2) is 67.0 Å². The van der Waals surface area contributed by atoms with Crippen molar-refractivity contribution < 1.29 is 14.3 Å². The molecule has 1 aliphatic heterocycles. The van der Waals surface area contributed by atoms with Gasteiger partial charge in [-0.05, 0) is 48.1 Å². The van der Waals surface area contributed by atoms with Gasteiger partial charge in [0.1, 0.15) is 11.6 Å². The van der Waals surface area contributed by atoms with E-state index in [1.54, 1.807) is 29.3 Å². The molecule has 3 heterocycles. The summed E-state index contributed by atoms with van der Waals surface area (Å²) in [6, 6.07) is 16.6. The number of amides is 1. The van der Waals surface area contributed by atoms with E-state index in [-0.39, 0.29) is 24.0 Å². The van der Waals surface area contributed by atoms with Crippen LogP contribution in [0.4, 0.5) is 11.5 Å². The van der Waals surface area contributed by atoms with Crippen LogP contribution in [0.2, 0.25) is 5.02 Å². The molecule has 1 aliphatic rings. The molecule has 1 fully saturated rings. The lowest BCUT2D eigenvalue weighted by Gasteiger charge is -2.17. The zero-order chi connectivity index (χ0) is 24.4. The summed E-state index contributed by atoms with van der Waals surface area (Å²) in [5.74, 6) is 1.12. The minimum atomic E-state index is -0.129. The van der Waals surface area contributed by atoms with Crippen LogP contribution in [-0.2, 0) is 11.2 Å². The number of hydrogen-bond acceptors (Lipinski definition) is 6. The number of ether oxygens (including phenoxy) is 1. The number of pyridine rings is 2. The van der Waals surface area contributed by atoms with Crippen molar-refractivity contribution in [1.29, 1.82) is 0 Å². The summed E-state index contributed by atoms with van der Waals surface area (Å²) in [7, 11) is 0. The van der Waals surface area contributed by atoms with E-state index in [2.05, 4.69) is 9.97 Å². The molecule has 0 aliphatic carbocycles. The molecule has 8 heteroatoms. The summed E-state index contributed by atoms with van der Waals surface area (Å²) in [4.78, 5) is 35.4. The number of ketones is 1. The quantitative estimate of drug-likeness (QED) is 0.341. The molecule has 35 heavy (non-hydrogen) atoms. The highest BCUT2D eigenvalue weighted by Gasteiger charge is 2.22. The van der Waals surface area contributed by atoms with E-state index in [4.69, 9.17) is 22.1 Å². The SMILES string of the molecule is Nc1nccc2cc(CCC(=O)c3cc(Cl)cnc3Oc3cccc(N4CCCC4=O)c3)ccc12. The van der Waals surface area contributed by atoms with Crippen molar-refractivity contribution in [1.82, 2.24) is 9.97 Å². The van der Waals surface area contributed by atoms with E-state index in [9.17, 15) is 9.59 Å². The van der Waals surface area contributed by atoms with Crippen LogP contribution in [0.3, 0.4) is 0 Å². The number of nitrogens with two attached hydrogens (primary N) is 1. The number of Topliss-reactive ketones (excluding diaryl/α,β-unsaturated/α-hetero) is 1. The maximum Gasteiger partial charge on any atom is 0.230 e. The van der Waals surface area contributed by atoms with E-state index in [1.807, 2.05) is 36.4 Å². The summed E-state index contributed by atoms with van der Waals surface area (Å²) >= 11 is 6.16. The molecule has 0 spiro atoms. The highest BCUT2D eigenvalue weighted by molar-refractivity contribution is 6.30. The number of carbonyl (C=O) groups excluding carboxylic acids is 2. The summed E-state index contributed by atoms with van der Waals surface area (Å²) in [5.41, 5.74) is 8.02. The first-order valence-electron chi connectivity index (χ1n) is 11.4. The normalized spacial score (nSPS) is 13.4. The van der Waals surface area contributed by atoms with E-state index in [1.165, 1.54) is 6.20 Å². The Kier molecular flexibility index (Phi) is 6.33. The molecule has 4 aromatic rings. The van der Waals surface area contributed by atoms with E-state index < -0.39 is 0 Å². The minimum Gasteiger partial charge on any atom is -0.438 e. The van der Waals surface area contributed by atoms with Gasteiger partial charge in [-0.25, -0.2) is 9.97 Å². The fourth-order valence-corrected chi connectivity index (χ4v) is 4.41. The number of carbonyl (C=O) groups is 2. The van der Waals surface area contributed by atoms with Gasteiger partial charge in [0.25, 0.3) is 0 Å². The largest absolute Gasteiger partial charge is 0.438 e. The van der Waals surface area contributed by atoms with Gasteiger partial charge in [0.15, 0.2) is 5.78 Å². The fourth-order valence-electron chi connectivity index (χ4n) is 4.25. The molecule has 0 radical (unpaired) electrons. The van der Waals surface area contributed by atoms with E-state index in [0.717, 1.165) is 28.4 Å². The average Bonchev–Trinajstić information content (AvgIpc) is 3.30. The smallest absolute Gasteiger partial charge is 0.230 e. The zero-order valence-corrected chi connectivity index (χ0v) is 19.7. The number of aryl methyl sites for hydroxylation is 1. The van der Waals surface area contributed by atoms with Crippen LogP contribution in [0, 0.1) is 0 Å². The Morgan fingerprint density at radius 1 is 1.11 bits per heavy atom. The number of anilines is 2. The lowest BCUT2D eigenvalue weighted by molar-refractivity contribution is -0.117. The van der Waals surface area contributed by atoms with Crippen molar-refractivity contribution in [3.8, 4) is 11.6 Å². The second-order valence-corrected chi connectivity index (χ2v) is 8.87. The van der Waals surface area contributed by atoms with Gasteiger partial charge >= 0.3 is 0 Å². The van der Waals surface area contributed by atoms with Crippen molar-refractivity contribution in [2.75, 3.05) is 17.2 Å². The number of rotatable bonds is 7. The third-order valence-corrected chi connectivity index (χ3v) is 6.24. The zero-order valence-electron chi connectivity index (χ0n) is 18.9. The molecular formula is C27H23ClN4O3. The van der Waals surface area contributed by atoms with E-state index >= 15 is 0 Å². The first kappa shape index (κ1) is 22.8. The Bertz CT molecular complexity index is 1440. The molecule has 2 aromatic carbocycles. The van der Waals surface area contributed by atoms with Crippen molar-refractivity contribution >= 4 is 45.6 Å². The maximum atomic E-state index is 13.2. The van der Waals surface area contributed by atoms with Crippen LogP contribution >= 0.6 is 11.6 Å². The van der Waals surface area contributed by atoms with Crippen LogP contribution < -0.4 is 15.4 Å². The molecule has 176 valence electrons. The number of hydrogen-bond donors (Lipinski definition) is 1. The molecule has 0 unspecified atom stereocenters. The van der Waals surface area contributed by atoms with Gasteiger partial charge in [-0.15, -0.1) is 0 Å². The Morgan fingerprint density at radius 2 is 2.00 bits per heavy atom. The van der Waals surface area contributed by atoms with Crippen molar-refractivity contribution in [3.05, 3.63) is 83.1 Å². The molecule has 0 bridgehead atoms. The number of aromatic nitrogens is 2. The molecular weight excluding hydrogens is 464 g/mol. The summed E-state index contributed by atoms with van der Waals surface area (Å²) < 4.78 is 5.99. The first-order chi connectivity index (χ1) is 17.0. The van der Waals surface area contributed by atoms with Gasteiger partial charge in [0.2, 0.25) is 11.8 Å². The standard InChI is InChI=1S/C27H23ClN4O3/c28-19-14-23(24(33)9-7-17-6-8-22-18(13-17)10-11-30-26(22)29)27(31-16-19)35-21-4-1-3-20(15-21)32-12-2-5-25(32)34/h1,3-4,6,8,10-11,13-16H,2,5,7,9,12H2,(H2,29,30). The third-order valence-electron chi connectivity index (χ3n) is 6.04. The van der Waals surface area contributed by atoms with Gasteiger partial charge in [0, 0.05) is 48.9 Å². The van der Waals surface area contributed by atoms with Crippen molar-refractivity contribution in [2.24, 2.45) is 0 Å². The topological polar surface area (TPSA) is 98.4 Å². The molecule has 2 N–H and O–H groups in total. The predicted molar refractivity (Wildman–Crippen MR) is 136 cm³/mol. The highest BCUT2D eigenvalue weighted by atomic mass is 35.5. The van der Waals surface area contributed by atoms with Gasteiger partial charge in [0.05, 0.1) is 10.6 Å². The lowest BCUT2D eigenvalue weighted by Crippen LogP contribution is -2.23. The monoisotopic (exact) mass is 486 g/mol. The van der Waals surface area contributed by atoms with Crippen LogP contribution in [0.25, 0.3) is 10.8 Å². The van der Waals surface area contributed by atoms with Crippen LogP contribution in [0.1, 0.15) is 35.2 Å². The van der Waals surface area contributed by atoms with Crippen molar-refractivity contribution in [3.63, 3.8) is 0 Å². The summed E-state index contributed by atoms with van der Waals surface area (Å²) in [6.07, 6.45) is 5.29. The van der Waals surface area contributed by atoms with Crippen molar-refractivity contribution in [2.45, 2.75) is 25.7 Å². The molecule has 2 aromatic heterocycles. The molecule has 0 saturated carbocycles. The number of nitrogens with zero attached hydrogens (tertiary/aromatic N) is 3. The Labute approximate surface area is 207 Å². The highest BCUT2D eigenvalue weighted by Crippen LogP contribution is 2.31. The Balaban J connectivity index is 1.34. The molecule has 7 nitrogen and oxygen atoms in total. The van der Waals surface area contributed by atoms with Gasteiger partial charge in [-0.2, -0.15) is 0 Å². The second kappa shape index (κ2) is 9.72. The third kappa shape index (κ3) is 4.95. The average molecular weight is 487 g/mol. The Hall–Kier alpha value is -3.97. The molecule has 5 rings (SSSR count). The van der Waals surface area contributed by atoms with Crippen LogP contribution in [-0.4, -0.2) is 28.2 Å². The number of fused-ring (bicyclic) bond motifs is 1. The van der Waals surface area contributed by atoms with Gasteiger partial charge < -0.3 is 15.4 Å². The van der Waals surface area contributed by atoms with Gasteiger partial charge in [-0.3, -0.25) is 9.59 Å². The fraction of sp³-hybridized carbons (Fsp3) is 0.185. The number of nitrogen functional groups attached to an aromatic ring is 1. The van der Waals surface area contributed by atoms with Crippen LogP contribution in [0.5, 0.6) is 11.6 Å². The minimum absolute atomic E-state index is 0.0928. The Morgan fingerprint density at radius 3 is 2.83 bits per heavy atom. The summed E-state index contributed by atoms with van der Waals surface area (Å²) in [6.45, 7) is 0.684.